The zero-order valence-corrected chi connectivity index (χ0v) is 10.1. The first-order chi connectivity index (χ1) is 4.76. The monoisotopic (exact) mass is 168 g/mol. The van der Waals surface area contributed by atoms with Gasteiger partial charge in [-0.05, 0) is 6.92 Å². The van der Waals surface area contributed by atoms with Crippen LogP contribution in [0.5, 0.6) is 0 Å². The molecular weight excluding hydrogens is 147 g/mol. The third kappa shape index (κ3) is 3.28. The molecule has 0 nitrogen and oxygen atoms in total. The molecule has 0 N–H and O–H groups in total. The van der Waals surface area contributed by atoms with E-state index in [1.807, 2.05) is 0 Å². The maximum atomic E-state index is 2.41. The molecule has 0 saturated heterocycles. The van der Waals surface area contributed by atoms with Gasteiger partial charge < -0.3 is 0 Å². The molecule has 0 unspecified atom stereocenters. The molecule has 0 aliphatic rings. The molecule has 0 radical (unpaired) electrons. The van der Waals surface area contributed by atoms with Gasteiger partial charge in [-0.1, -0.05) is 45.4 Å². The quantitative estimate of drug-likeness (QED) is 0.553. The van der Waals surface area contributed by atoms with Crippen LogP contribution in [0.2, 0.25) is 33.3 Å². The van der Waals surface area contributed by atoms with Crippen LogP contribution in [0.3, 0.4) is 0 Å². The van der Waals surface area contributed by atoms with E-state index in [1.54, 1.807) is 10.7 Å². The number of hydrogen-bond donors (Lipinski definition) is 0. The highest BCUT2D eigenvalue weighted by molar-refractivity contribution is 6.84. The third-order valence-corrected chi connectivity index (χ3v) is 5.23. The maximum absolute atomic E-state index is 2.41. The van der Waals surface area contributed by atoms with Gasteiger partial charge in [-0.15, -0.1) is 5.47 Å². The average Bonchev–Trinajstić information content (AvgIpc) is 1.82. The lowest BCUT2D eigenvalue weighted by molar-refractivity contribution is 1.43. The molecule has 0 heterocycles. The Hall–Kier alpha value is 0.0218. The minimum absolute atomic E-state index is 0.724. The Morgan fingerprint density at radius 3 is 1.45 bits per heavy atom. The molecule has 2 heteroatoms. The summed E-state index contributed by atoms with van der Waals surface area (Å²) < 4.78 is 0. The van der Waals surface area contributed by atoms with E-state index in [0.717, 1.165) is 6.71 Å². The first kappa shape index (κ1) is 11.0. The first-order valence-corrected chi connectivity index (χ1v) is 7.94. The summed E-state index contributed by atoms with van der Waals surface area (Å²) in [6.07, 6.45) is 0. The minimum Gasteiger partial charge on any atom is -0.109 e. The molecule has 0 bridgehead atoms. The van der Waals surface area contributed by atoms with Gasteiger partial charge in [-0.2, -0.15) is 0 Å². The summed E-state index contributed by atoms with van der Waals surface area (Å²) in [6.45, 7) is 17.1. The highest BCUT2D eigenvalue weighted by Crippen LogP contribution is 2.19. The normalized spacial score (nSPS) is 14.5. The van der Waals surface area contributed by atoms with Crippen LogP contribution >= 0.6 is 0 Å². The molecule has 11 heavy (non-hydrogen) atoms. The predicted molar refractivity (Wildman–Crippen MR) is 59.2 cm³/mol. The number of hydrogen-bond acceptors (Lipinski definition) is 0. The van der Waals surface area contributed by atoms with Gasteiger partial charge >= 0.3 is 0 Å². The summed E-state index contributed by atoms with van der Waals surface area (Å²) in [7, 11) is -1.01. The zero-order chi connectivity index (χ0) is 9.23. The highest BCUT2D eigenvalue weighted by Gasteiger charge is 2.18. The molecule has 0 aromatic heterocycles. The molecule has 0 rings (SSSR count). The van der Waals surface area contributed by atoms with Crippen molar-refractivity contribution >= 4 is 14.8 Å². The van der Waals surface area contributed by atoms with Crippen LogP contribution in [0.4, 0.5) is 0 Å². The molecule has 0 aliphatic carbocycles. The number of allylic oxidation sites excluding steroid dienone is 2. The molecule has 64 valence electrons. The van der Waals surface area contributed by atoms with Gasteiger partial charge in [0.25, 0.3) is 0 Å². The van der Waals surface area contributed by atoms with E-state index in [4.69, 9.17) is 0 Å². The second-order valence-corrected chi connectivity index (χ2v) is 9.96. The summed E-state index contributed by atoms with van der Waals surface area (Å²) in [5, 5.41) is 1.67. The molecule has 0 saturated carbocycles. The van der Waals surface area contributed by atoms with Crippen molar-refractivity contribution in [1.82, 2.24) is 0 Å². The minimum atomic E-state index is -1.01. The van der Waals surface area contributed by atoms with E-state index in [1.165, 1.54) is 0 Å². The summed E-state index contributed by atoms with van der Waals surface area (Å²) in [6, 6.07) is 0. The van der Waals surface area contributed by atoms with Gasteiger partial charge in [0.05, 0.1) is 8.07 Å². The Kier molecular flexibility index (Phi) is 3.62. The summed E-state index contributed by atoms with van der Waals surface area (Å²) >= 11 is 0. The molecule has 0 aromatic carbocycles. The fourth-order valence-electron chi connectivity index (χ4n) is 1.02. The van der Waals surface area contributed by atoms with Crippen LogP contribution < -0.4 is 0 Å². The van der Waals surface area contributed by atoms with E-state index in [-0.39, 0.29) is 0 Å². The molecular formula is C9H21BSi. The van der Waals surface area contributed by atoms with Gasteiger partial charge in [0.2, 0.25) is 0 Å². The fourth-order valence-corrected chi connectivity index (χ4v) is 2.50. The van der Waals surface area contributed by atoms with E-state index in [0.29, 0.717) is 0 Å². The Balaban J connectivity index is 4.67. The average molecular weight is 168 g/mol. The van der Waals surface area contributed by atoms with Gasteiger partial charge in [-0.25, -0.2) is 0 Å². The summed E-state index contributed by atoms with van der Waals surface area (Å²) in [4.78, 5) is 0. The molecule has 0 aliphatic heterocycles. The number of rotatable bonds is 2. The molecule has 0 atom stereocenters. The second kappa shape index (κ2) is 3.61. The zero-order valence-electron chi connectivity index (χ0n) is 9.08. The molecule has 0 aromatic rings. The topological polar surface area (TPSA) is 0 Å². The van der Waals surface area contributed by atoms with Gasteiger partial charge in [0, 0.05) is 0 Å². The van der Waals surface area contributed by atoms with Crippen molar-refractivity contribution in [2.24, 2.45) is 0 Å². The van der Waals surface area contributed by atoms with E-state index < -0.39 is 8.07 Å². The van der Waals surface area contributed by atoms with Crippen LogP contribution in [0.15, 0.2) is 10.7 Å². The predicted octanol–water partition coefficient (Wildman–Crippen LogP) is 3.49. The Labute approximate surface area is 73.2 Å². The molecule has 0 fully saturated rings. The van der Waals surface area contributed by atoms with E-state index in [2.05, 4.69) is 47.1 Å². The maximum Gasteiger partial charge on any atom is 0.163 e. The van der Waals surface area contributed by atoms with Crippen LogP contribution in [-0.2, 0) is 0 Å². The Bertz CT molecular complexity index is 163. The van der Waals surface area contributed by atoms with Gasteiger partial charge in [0.1, 0.15) is 0 Å². The largest absolute Gasteiger partial charge is 0.163 e. The highest BCUT2D eigenvalue weighted by atomic mass is 28.3. The first-order valence-electron chi connectivity index (χ1n) is 4.44. The van der Waals surface area contributed by atoms with Crippen molar-refractivity contribution in [3.63, 3.8) is 0 Å². The van der Waals surface area contributed by atoms with Crippen molar-refractivity contribution in [1.29, 1.82) is 0 Å². The lowest BCUT2D eigenvalue weighted by Gasteiger charge is -2.21. The van der Waals surface area contributed by atoms with Crippen molar-refractivity contribution in [3.05, 3.63) is 10.7 Å². The van der Waals surface area contributed by atoms with Gasteiger partial charge in [-0.3, -0.25) is 0 Å². The van der Waals surface area contributed by atoms with E-state index >= 15 is 0 Å². The van der Waals surface area contributed by atoms with Crippen LogP contribution in [0, 0.1) is 0 Å². The molecule has 0 amide bonds. The molecule has 0 spiro atoms. The van der Waals surface area contributed by atoms with Crippen molar-refractivity contribution in [2.75, 3.05) is 0 Å². The van der Waals surface area contributed by atoms with Crippen LogP contribution in [0.1, 0.15) is 13.8 Å². The second-order valence-electron chi connectivity index (χ2n) is 4.71. The summed E-state index contributed by atoms with van der Waals surface area (Å²) in [5.74, 6) is 0. The van der Waals surface area contributed by atoms with Crippen molar-refractivity contribution in [2.45, 2.75) is 47.1 Å². The SMILES string of the molecule is CB(C)/C(C)=C(\C)[Si](C)(C)C. The van der Waals surface area contributed by atoms with Crippen molar-refractivity contribution < 1.29 is 0 Å². The van der Waals surface area contributed by atoms with Crippen molar-refractivity contribution in [3.8, 4) is 0 Å². The Morgan fingerprint density at radius 2 is 1.36 bits per heavy atom. The van der Waals surface area contributed by atoms with Crippen LogP contribution in [0.25, 0.3) is 0 Å². The lowest BCUT2D eigenvalue weighted by Crippen LogP contribution is -2.25. The smallest absolute Gasteiger partial charge is 0.109 e. The van der Waals surface area contributed by atoms with Gasteiger partial charge in [0.15, 0.2) is 6.71 Å². The third-order valence-electron chi connectivity index (χ3n) is 2.58. The Morgan fingerprint density at radius 1 is 1.00 bits per heavy atom. The van der Waals surface area contributed by atoms with Crippen LogP contribution in [-0.4, -0.2) is 14.8 Å². The van der Waals surface area contributed by atoms with E-state index in [9.17, 15) is 0 Å². The fraction of sp³-hybridized carbons (Fsp3) is 0.778. The summed E-state index contributed by atoms with van der Waals surface area (Å²) in [5.41, 5.74) is 1.60. The standard InChI is InChI=1S/C9H21BSi/c1-8(10(3)4)9(2)11(5,6)7/h1-7H3/b9-8+. The lowest BCUT2D eigenvalue weighted by atomic mass is 9.49.